The van der Waals surface area contributed by atoms with Gasteiger partial charge in [-0.2, -0.15) is 0 Å². The summed E-state index contributed by atoms with van der Waals surface area (Å²) in [6.07, 6.45) is 2.68. The Morgan fingerprint density at radius 1 is 1.03 bits per heavy atom. The van der Waals surface area contributed by atoms with Crippen LogP contribution in [0.2, 0.25) is 0 Å². The van der Waals surface area contributed by atoms with Crippen LogP contribution in [0.1, 0.15) is 17.3 Å². The number of aromatic nitrogens is 1. The Labute approximate surface area is 192 Å². The highest BCUT2D eigenvalue weighted by molar-refractivity contribution is 7.92. The number of anilines is 2. The number of carbonyl (C=O) groups is 2. The van der Waals surface area contributed by atoms with Gasteiger partial charge < -0.3 is 14.8 Å². The zero-order valence-corrected chi connectivity index (χ0v) is 18.9. The fourth-order valence-electron chi connectivity index (χ4n) is 2.93. The van der Waals surface area contributed by atoms with Crippen molar-refractivity contribution in [1.29, 1.82) is 0 Å². The number of rotatable bonds is 9. The fraction of sp³-hybridized carbons (Fsp3) is 0.174. The van der Waals surface area contributed by atoms with E-state index in [0.29, 0.717) is 17.0 Å². The van der Waals surface area contributed by atoms with Crippen LogP contribution < -0.4 is 14.4 Å². The van der Waals surface area contributed by atoms with Crippen molar-refractivity contribution in [2.24, 2.45) is 0 Å². The van der Waals surface area contributed by atoms with Crippen LogP contribution in [0.3, 0.4) is 0 Å². The van der Waals surface area contributed by atoms with Crippen LogP contribution in [-0.2, 0) is 19.6 Å². The predicted molar refractivity (Wildman–Crippen MR) is 123 cm³/mol. The molecule has 1 aromatic heterocycles. The topological polar surface area (TPSA) is 115 Å². The number of carbonyl (C=O) groups excluding carboxylic acids is 2. The summed E-state index contributed by atoms with van der Waals surface area (Å²) in [6, 6.07) is 15.3. The molecule has 3 aromatic rings. The van der Waals surface area contributed by atoms with Crippen LogP contribution in [0.25, 0.3) is 0 Å². The Morgan fingerprint density at radius 2 is 1.73 bits per heavy atom. The van der Waals surface area contributed by atoms with E-state index >= 15 is 0 Å². The Bertz CT molecular complexity index is 1200. The molecule has 0 saturated carbocycles. The highest BCUT2D eigenvalue weighted by Crippen LogP contribution is 2.25. The lowest BCUT2D eigenvalue weighted by Gasteiger charge is -2.24. The summed E-state index contributed by atoms with van der Waals surface area (Å²) in [6.45, 7) is 1.48. The Kier molecular flexibility index (Phi) is 7.62. The summed E-state index contributed by atoms with van der Waals surface area (Å²) in [5, 5.41) is 2.65. The molecule has 9 nitrogen and oxygen atoms in total. The number of benzene rings is 2. The van der Waals surface area contributed by atoms with Crippen LogP contribution in [0, 0.1) is 0 Å². The van der Waals surface area contributed by atoms with Crippen LogP contribution in [-0.4, -0.2) is 45.5 Å². The second-order valence-corrected chi connectivity index (χ2v) is 8.61. The van der Waals surface area contributed by atoms with Crippen LogP contribution >= 0.6 is 0 Å². The summed E-state index contributed by atoms with van der Waals surface area (Å²) in [5.41, 5.74) is 1.03. The van der Waals surface area contributed by atoms with Crippen molar-refractivity contribution in [3.8, 4) is 5.75 Å². The minimum atomic E-state index is -4.08. The monoisotopic (exact) mass is 469 g/mol. The fourth-order valence-corrected chi connectivity index (χ4v) is 4.31. The molecule has 1 N–H and O–H groups in total. The van der Waals surface area contributed by atoms with Gasteiger partial charge in [0.25, 0.3) is 10.0 Å². The number of hydrogen-bond donors (Lipinski definition) is 1. The summed E-state index contributed by atoms with van der Waals surface area (Å²) in [5.74, 6) is -0.491. The lowest BCUT2D eigenvalue weighted by Crippen LogP contribution is -2.38. The van der Waals surface area contributed by atoms with E-state index < -0.39 is 28.4 Å². The predicted octanol–water partition coefficient (Wildman–Crippen LogP) is 3.10. The summed E-state index contributed by atoms with van der Waals surface area (Å²) in [7, 11) is -2.58. The molecule has 2 aromatic carbocycles. The van der Waals surface area contributed by atoms with Gasteiger partial charge in [0.2, 0.25) is 5.91 Å². The van der Waals surface area contributed by atoms with Gasteiger partial charge in [-0.15, -0.1) is 0 Å². The standard InChI is InChI=1S/C23H23N3O6S/c1-3-32-23(28)17-6-8-18(9-7-17)25-22(27)16-26(19-10-12-20(31-2)13-11-19)33(29,30)21-5-4-14-24-15-21/h4-15H,3,16H2,1-2H3,(H,25,27). The van der Waals surface area contributed by atoms with Crippen molar-refractivity contribution in [3.63, 3.8) is 0 Å². The molecule has 0 aliphatic rings. The molecule has 0 bridgehead atoms. The highest BCUT2D eigenvalue weighted by atomic mass is 32.2. The molecular weight excluding hydrogens is 446 g/mol. The van der Waals surface area contributed by atoms with Gasteiger partial charge in [0.05, 0.1) is 25.0 Å². The molecular formula is C23H23N3O6S. The maximum atomic E-state index is 13.3. The molecule has 0 fully saturated rings. The molecule has 0 atom stereocenters. The van der Waals surface area contributed by atoms with Crippen LogP contribution in [0.5, 0.6) is 5.75 Å². The highest BCUT2D eigenvalue weighted by Gasteiger charge is 2.27. The largest absolute Gasteiger partial charge is 0.497 e. The molecule has 3 rings (SSSR count). The van der Waals surface area contributed by atoms with E-state index in [9.17, 15) is 18.0 Å². The van der Waals surface area contributed by atoms with Gasteiger partial charge in [0, 0.05) is 18.1 Å². The van der Waals surface area contributed by atoms with E-state index in [1.807, 2.05) is 0 Å². The third kappa shape index (κ3) is 5.86. The van der Waals surface area contributed by atoms with E-state index in [2.05, 4.69) is 10.3 Å². The molecule has 0 aliphatic carbocycles. The summed E-state index contributed by atoms with van der Waals surface area (Å²) in [4.78, 5) is 28.4. The Morgan fingerprint density at radius 3 is 2.30 bits per heavy atom. The Hall–Kier alpha value is -3.92. The number of methoxy groups -OCH3 is 1. The molecule has 1 heterocycles. The first-order valence-corrected chi connectivity index (χ1v) is 11.4. The second kappa shape index (κ2) is 10.6. The average Bonchev–Trinajstić information content (AvgIpc) is 2.83. The first-order valence-electron chi connectivity index (χ1n) is 9.99. The molecule has 172 valence electrons. The van der Waals surface area contributed by atoms with Gasteiger partial charge in [0.1, 0.15) is 17.2 Å². The number of sulfonamides is 1. The quantitative estimate of drug-likeness (QED) is 0.479. The van der Waals surface area contributed by atoms with Crippen molar-refractivity contribution < 1.29 is 27.5 Å². The first-order chi connectivity index (χ1) is 15.8. The molecule has 33 heavy (non-hydrogen) atoms. The van der Waals surface area contributed by atoms with Crippen molar-refractivity contribution in [3.05, 3.63) is 78.6 Å². The van der Waals surface area contributed by atoms with Gasteiger partial charge in [0.15, 0.2) is 0 Å². The zero-order chi connectivity index (χ0) is 23.8. The van der Waals surface area contributed by atoms with E-state index in [0.717, 1.165) is 4.31 Å². The lowest BCUT2D eigenvalue weighted by molar-refractivity contribution is -0.114. The van der Waals surface area contributed by atoms with E-state index in [-0.39, 0.29) is 17.2 Å². The third-order valence-corrected chi connectivity index (χ3v) is 6.31. The number of esters is 1. The zero-order valence-electron chi connectivity index (χ0n) is 18.1. The number of nitrogens with one attached hydrogen (secondary N) is 1. The molecule has 10 heteroatoms. The molecule has 0 radical (unpaired) electrons. The number of hydrogen-bond acceptors (Lipinski definition) is 7. The maximum absolute atomic E-state index is 13.3. The van der Waals surface area contributed by atoms with Gasteiger partial charge in [-0.3, -0.25) is 14.1 Å². The second-order valence-electron chi connectivity index (χ2n) is 6.74. The minimum Gasteiger partial charge on any atom is -0.497 e. The third-order valence-electron chi connectivity index (χ3n) is 4.55. The first kappa shape index (κ1) is 23.7. The van der Waals surface area contributed by atoms with Gasteiger partial charge >= 0.3 is 5.97 Å². The normalized spacial score (nSPS) is 10.8. The number of pyridine rings is 1. The smallest absolute Gasteiger partial charge is 0.338 e. The molecule has 0 spiro atoms. The van der Waals surface area contributed by atoms with Gasteiger partial charge in [-0.1, -0.05) is 0 Å². The summed E-state index contributed by atoms with van der Waals surface area (Å²) < 4.78 is 37.6. The SMILES string of the molecule is CCOC(=O)c1ccc(NC(=O)CN(c2ccc(OC)cc2)S(=O)(=O)c2cccnc2)cc1. The number of nitrogens with zero attached hydrogens (tertiary/aromatic N) is 2. The summed E-state index contributed by atoms with van der Waals surface area (Å²) >= 11 is 0. The van der Waals surface area contributed by atoms with Gasteiger partial charge in [-0.25, -0.2) is 13.2 Å². The van der Waals surface area contributed by atoms with Crippen molar-refractivity contribution in [1.82, 2.24) is 4.98 Å². The van der Waals surface area contributed by atoms with Crippen molar-refractivity contribution in [2.45, 2.75) is 11.8 Å². The maximum Gasteiger partial charge on any atom is 0.338 e. The number of ether oxygens (including phenoxy) is 2. The molecule has 0 aliphatic heterocycles. The van der Waals surface area contributed by atoms with Crippen LogP contribution in [0.4, 0.5) is 11.4 Å². The van der Waals surface area contributed by atoms with E-state index in [1.165, 1.54) is 55.9 Å². The van der Waals surface area contributed by atoms with Crippen molar-refractivity contribution >= 4 is 33.3 Å². The van der Waals surface area contributed by atoms with E-state index in [4.69, 9.17) is 9.47 Å². The average molecular weight is 470 g/mol. The molecule has 1 amide bonds. The van der Waals surface area contributed by atoms with Crippen molar-refractivity contribution in [2.75, 3.05) is 29.9 Å². The molecule has 0 saturated heterocycles. The van der Waals surface area contributed by atoms with Gasteiger partial charge in [-0.05, 0) is 67.6 Å². The van der Waals surface area contributed by atoms with E-state index in [1.54, 1.807) is 31.2 Å². The number of amides is 1. The minimum absolute atomic E-state index is 0.0487. The van der Waals surface area contributed by atoms with Crippen LogP contribution in [0.15, 0.2) is 78.0 Å². The lowest BCUT2D eigenvalue weighted by atomic mass is 10.2. The molecule has 0 unspecified atom stereocenters. The Balaban J connectivity index is 1.83.